The van der Waals surface area contributed by atoms with Crippen molar-refractivity contribution >= 4 is 45.5 Å². The van der Waals surface area contributed by atoms with Crippen LogP contribution in [0.1, 0.15) is 32.1 Å². The van der Waals surface area contributed by atoms with Crippen LogP contribution in [0.25, 0.3) is 11.0 Å². The number of carbonyl (C=O) groups excluding carboxylic acids is 1. The second-order valence-corrected chi connectivity index (χ2v) is 8.41. The second-order valence-electron chi connectivity index (χ2n) is 6.94. The number of aryl methyl sites for hydroxylation is 3. The minimum absolute atomic E-state index is 0.167. The zero-order valence-electron chi connectivity index (χ0n) is 16.0. The Morgan fingerprint density at radius 3 is 2.57 bits per heavy atom. The van der Waals surface area contributed by atoms with Crippen molar-refractivity contribution in [1.29, 1.82) is 0 Å². The summed E-state index contributed by atoms with van der Waals surface area (Å²) in [6.07, 6.45) is 0. The Morgan fingerprint density at radius 1 is 1.07 bits per heavy atom. The van der Waals surface area contributed by atoms with E-state index in [0.29, 0.717) is 17.3 Å². The van der Waals surface area contributed by atoms with E-state index < -0.39 is 0 Å². The van der Waals surface area contributed by atoms with Crippen LogP contribution in [0.5, 0.6) is 0 Å². The van der Waals surface area contributed by atoms with Crippen LogP contribution in [0, 0.1) is 20.8 Å². The van der Waals surface area contributed by atoms with Gasteiger partial charge in [-0.2, -0.15) is 0 Å². The van der Waals surface area contributed by atoms with Crippen LogP contribution < -0.4 is 4.90 Å². The molecule has 0 fully saturated rings. The first-order chi connectivity index (χ1) is 13.4. The lowest BCUT2D eigenvalue weighted by Crippen LogP contribution is -2.30. The van der Waals surface area contributed by atoms with Crippen molar-refractivity contribution in [3.05, 3.63) is 86.3 Å². The van der Waals surface area contributed by atoms with Crippen molar-refractivity contribution in [2.45, 2.75) is 27.3 Å². The van der Waals surface area contributed by atoms with E-state index in [2.05, 4.69) is 13.0 Å². The molecule has 3 nitrogen and oxygen atoms in total. The summed E-state index contributed by atoms with van der Waals surface area (Å²) in [5.74, 6) is 0.205. The van der Waals surface area contributed by atoms with E-state index in [1.54, 1.807) is 28.4 Å². The molecule has 0 radical (unpaired) electrons. The van der Waals surface area contributed by atoms with E-state index in [9.17, 15) is 4.79 Å². The lowest BCUT2D eigenvalue weighted by atomic mass is 10.0. The monoisotopic (exact) mass is 409 g/mol. The predicted octanol–water partition coefficient (Wildman–Crippen LogP) is 6.92. The van der Waals surface area contributed by atoms with E-state index in [1.165, 1.54) is 5.56 Å². The molecule has 1 amide bonds. The normalized spacial score (nSPS) is 11.1. The summed E-state index contributed by atoms with van der Waals surface area (Å²) in [6, 6.07) is 15.4. The molecule has 0 atom stereocenters. The Hall–Kier alpha value is -2.56. The average molecular weight is 410 g/mol. The van der Waals surface area contributed by atoms with Gasteiger partial charge in [0.25, 0.3) is 5.91 Å². The molecule has 0 aliphatic heterocycles. The smallest absolute Gasteiger partial charge is 0.294 e. The molecule has 0 unspecified atom stereocenters. The first kappa shape index (κ1) is 18.8. The number of fused-ring (bicyclic) bond motifs is 1. The fourth-order valence-electron chi connectivity index (χ4n) is 3.29. The van der Waals surface area contributed by atoms with Gasteiger partial charge in [-0.25, -0.2) is 0 Å². The first-order valence-electron chi connectivity index (χ1n) is 9.04. The van der Waals surface area contributed by atoms with Crippen molar-refractivity contribution in [3.63, 3.8) is 0 Å². The number of hydrogen-bond donors (Lipinski definition) is 0. The van der Waals surface area contributed by atoms with E-state index >= 15 is 0 Å². The molecule has 0 aliphatic rings. The molecule has 142 valence electrons. The molecular weight excluding hydrogens is 390 g/mol. The molecular formula is C23H20ClNO2S. The third kappa shape index (κ3) is 3.46. The Balaban J connectivity index is 1.81. The van der Waals surface area contributed by atoms with Gasteiger partial charge in [0.1, 0.15) is 5.58 Å². The molecule has 5 heteroatoms. The zero-order chi connectivity index (χ0) is 19.8. The fourth-order valence-corrected chi connectivity index (χ4v) is 4.16. The summed E-state index contributed by atoms with van der Waals surface area (Å²) in [5, 5.41) is 3.58. The van der Waals surface area contributed by atoms with Gasteiger partial charge in [0, 0.05) is 26.5 Å². The van der Waals surface area contributed by atoms with Crippen molar-refractivity contribution < 1.29 is 9.21 Å². The summed E-state index contributed by atoms with van der Waals surface area (Å²) < 4.78 is 6.03. The van der Waals surface area contributed by atoms with Crippen LogP contribution in [-0.4, -0.2) is 5.91 Å². The van der Waals surface area contributed by atoms with Crippen LogP contribution in [0.3, 0.4) is 0 Å². The van der Waals surface area contributed by atoms with Crippen molar-refractivity contribution in [1.82, 2.24) is 0 Å². The molecule has 2 aromatic carbocycles. The van der Waals surface area contributed by atoms with E-state index in [0.717, 1.165) is 32.7 Å². The van der Waals surface area contributed by atoms with E-state index in [-0.39, 0.29) is 5.91 Å². The van der Waals surface area contributed by atoms with Gasteiger partial charge in [-0.15, -0.1) is 11.3 Å². The van der Waals surface area contributed by atoms with Gasteiger partial charge in [0.05, 0.1) is 6.54 Å². The number of hydrogen-bond acceptors (Lipinski definition) is 3. The number of nitrogens with zero attached hydrogens (tertiary/aromatic N) is 1. The maximum atomic E-state index is 13.5. The number of rotatable bonds is 4. The van der Waals surface area contributed by atoms with Gasteiger partial charge >= 0.3 is 0 Å². The lowest BCUT2D eigenvalue weighted by Gasteiger charge is -2.22. The molecule has 0 saturated heterocycles. The highest BCUT2D eigenvalue weighted by Crippen LogP contribution is 2.31. The average Bonchev–Trinajstić information content (AvgIpc) is 3.29. The number of anilines is 1. The SMILES string of the molecule is Cc1cc2oc(C(=O)N(Cc3cccs3)c3cccc(Cl)c3)c(C)c2cc1C. The maximum Gasteiger partial charge on any atom is 0.294 e. The van der Waals surface area contributed by atoms with Crippen LogP contribution in [0.4, 0.5) is 5.69 Å². The predicted molar refractivity (Wildman–Crippen MR) is 117 cm³/mol. The highest BCUT2D eigenvalue weighted by molar-refractivity contribution is 7.09. The summed E-state index contributed by atoms with van der Waals surface area (Å²) in [7, 11) is 0. The van der Waals surface area contributed by atoms with Gasteiger partial charge in [-0.3, -0.25) is 4.79 Å². The number of benzene rings is 2. The lowest BCUT2D eigenvalue weighted by molar-refractivity contribution is 0.0960. The Labute approximate surface area is 173 Å². The fraction of sp³-hybridized carbons (Fsp3) is 0.174. The summed E-state index contributed by atoms with van der Waals surface area (Å²) in [5.41, 5.74) is 4.68. The Bertz CT molecular complexity index is 1160. The minimum atomic E-state index is -0.167. The topological polar surface area (TPSA) is 33.5 Å². The van der Waals surface area contributed by atoms with E-state index in [1.807, 2.05) is 49.6 Å². The van der Waals surface area contributed by atoms with E-state index in [4.69, 9.17) is 16.0 Å². The zero-order valence-corrected chi connectivity index (χ0v) is 17.5. The summed E-state index contributed by atoms with van der Waals surface area (Å²) in [4.78, 5) is 16.4. The van der Waals surface area contributed by atoms with Crippen molar-refractivity contribution in [2.24, 2.45) is 0 Å². The molecule has 2 heterocycles. The van der Waals surface area contributed by atoms with Crippen LogP contribution >= 0.6 is 22.9 Å². The molecule has 0 bridgehead atoms. The van der Waals surface area contributed by atoms with Crippen LogP contribution in [0.2, 0.25) is 5.02 Å². The standard InChI is InChI=1S/C23H20ClNO2S/c1-14-10-20-16(3)22(27-21(20)11-15(14)2)23(26)25(13-19-8-5-9-28-19)18-7-4-6-17(24)12-18/h4-12H,13H2,1-3H3. The molecule has 28 heavy (non-hydrogen) atoms. The highest BCUT2D eigenvalue weighted by Gasteiger charge is 2.25. The number of carbonyl (C=O) groups is 1. The molecule has 0 saturated carbocycles. The van der Waals surface area contributed by atoms with Crippen LogP contribution in [0.15, 0.2) is 58.3 Å². The number of thiophene rings is 1. The molecule has 4 aromatic rings. The minimum Gasteiger partial charge on any atom is -0.451 e. The molecule has 0 aliphatic carbocycles. The Morgan fingerprint density at radius 2 is 1.86 bits per heavy atom. The summed E-state index contributed by atoms with van der Waals surface area (Å²) in [6.45, 7) is 6.52. The summed E-state index contributed by atoms with van der Waals surface area (Å²) >= 11 is 7.81. The molecule has 0 N–H and O–H groups in total. The third-order valence-electron chi connectivity index (χ3n) is 5.01. The van der Waals surface area contributed by atoms with Gasteiger partial charge in [0.15, 0.2) is 5.76 Å². The number of halogens is 1. The Kier molecular flexibility index (Phi) is 5.00. The highest BCUT2D eigenvalue weighted by atomic mass is 35.5. The van der Waals surface area contributed by atoms with Crippen molar-refractivity contribution in [2.75, 3.05) is 4.90 Å². The van der Waals surface area contributed by atoms with Crippen molar-refractivity contribution in [3.8, 4) is 0 Å². The molecule has 4 rings (SSSR count). The largest absolute Gasteiger partial charge is 0.451 e. The number of furan rings is 1. The third-order valence-corrected chi connectivity index (χ3v) is 6.10. The molecule has 0 spiro atoms. The molecule has 2 aromatic heterocycles. The van der Waals surface area contributed by atoms with Gasteiger partial charge in [-0.05, 0) is 73.7 Å². The quantitative estimate of drug-likeness (QED) is 0.366. The second kappa shape index (κ2) is 7.46. The van der Waals surface area contributed by atoms with Gasteiger partial charge in [0.2, 0.25) is 0 Å². The van der Waals surface area contributed by atoms with Gasteiger partial charge < -0.3 is 9.32 Å². The van der Waals surface area contributed by atoms with Gasteiger partial charge in [-0.1, -0.05) is 23.7 Å². The maximum absolute atomic E-state index is 13.5. The first-order valence-corrected chi connectivity index (χ1v) is 10.3. The number of amides is 1. The van der Waals surface area contributed by atoms with Crippen LogP contribution in [-0.2, 0) is 6.54 Å².